The topological polar surface area (TPSA) is 38.8 Å². The van der Waals surface area contributed by atoms with E-state index in [0.717, 1.165) is 51.4 Å². The highest BCUT2D eigenvalue weighted by Crippen LogP contribution is 2.54. The Balaban J connectivity index is 1.48. The number of nitrogens with zero attached hydrogens (tertiary/aromatic N) is 1. The Bertz CT molecular complexity index is 922. The maximum Gasteiger partial charge on any atom is 0.416 e. The number of benzene rings is 1. The summed E-state index contributed by atoms with van der Waals surface area (Å²) < 4.78 is 90.5. The zero-order valence-corrected chi connectivity index (χ0v) is 20.6. The molecule has 2 saturated heterocycles. The van der Waals surface area contributed by atoms with E-state index in [2.05, 4.69) is 18.7 Å². The van der Waals surface area contributed by atoms with E-state index in [1.165, 1.54) is 0 Å². The Morgan fingerprint density at radius 3 is 2.19 bits per heavy atom. The number of fused-ring (bicyclic) bond motifs is 2. The van der Waals surface area contributed by atoms with Crippen molar-refractivity contribution in [2.24, 2.45) is 5.92 Å². The summed E-state index contributed by atoms with van der Waals surface area (Å²) in [4.78, 5) is 15.2. The summed E-state index contributed by atoms with van der Waals surface area (Å²) in [5, 5.41) is 0. The van der Waals surface area contributed by atoms with E-state index in [0.29, 0.717) is 24.7 Å². The summed E-state index contributed by atoms with van der Waals surface area (Å²) in [6.07, 6.45) is -2.28. The van der Waals surface area contributed by atoms with Crippen molar-refractivity contribution in [1.82, 2.24) is 4.90 Å². The largest absolute Gasteiger partial charge is 0.461 e. The van der Waals surface area contributed by atoms with Crippen LogP contribution in [0.25, 0.3) is 0 Å². The van der Waals surface area contributed by atoms with Crippen LogP contribution in [0.3, 0.4) is 0 Å². The fourth-order valence-corrected chi connectivity index (χ4v) is 6.54. The zero-order chi connectivity index (χ0) is 26.4. The van der Waals surface area contributed by atoms with E-state index in [1.54, 1.807) is 0 Å². The molecule has 0 unspecified atom stereocenters. The van der Waals surface area contributed by atoms with Crippen LogP contribution in [0.15, 0.2) is 18.2 Å². The predicted molar refractivity (Wildman–Crippen MR) is 120 cm³/mol. The lowest BCUT2D eigenvalue weighted by Gasteiger charge is -2.46. The minimum absolute atomic E-state index is 0.0239. The van der Waals surface area contributed by atoms with Gasteiger partial charge in [-0.25, -0.2) is 0 Å². The lowest BCUT2D eigenvalue weighted by atomic mass is 9.84. The number of ether oxygens (including phenoxy) is 2. The van der Waals surface area contributed by atoms with Crippen LogP contribution in [-0.4, -0.2) is 34.8 Å². The third kappa shape index (κ3) is 5.54. The van der Waals surface area contributed by atoms with Gasteiger partial charge in [0.25, 0.3) is 0 Å². The number of alkyl halides is 6. The van der Waals surface area contributed by atoms with E-state index >= 15 is 0 Å². The van der Waals surface area contributed by atoms with Gasteiger partial charge in [0.2, 0.25) is 0 Å². The van der Waals surface area contributed by atoms with Gasteiger partial charge in [-0.2, -0.15) is 26.3 Å². The van der Waals surface area contributed by atoms with E-state index in [9.17, 15) is 31.1 Å². The van der Waals surface area contributed by atoms with Gasteiger partial charge in [-0.1, -0.05) is 20.3 Å². The highest BCUT2D eigenvalue weighted by Gasteiger charge is 2.61. The van der Waals surface area contributed by atoms with Gasteiger partial charge in [0, 0.05) is 11.6 Å². The Morgan fingerprint density at radius 1 is 1.03 bits per heavy atom. The first-order valence-corrected chi connectivity index (χ1v) is 12.6. The summed E-state index contributed by atoms with van der Waals surface area (Å²) >= 11 is 0. The molecule has 3 aliphatic rings. The van der Waals surface area contributed by atoms with Crippen LogP contribution in [-0.2, 0) is 33.2 Å². The molecule has 2 aliphatic heterocycles. The lowest BCUT2D eigenvalue weighted by Crippen LogP contribution is -2.56. The summed E-state index contributed by atoms with van der Waals surface area (Å²) in [6, 6.07) is 1.12. The van der Waals surface area contributed by atoms with Crippen molar-refractivity contribution in [3.8, 4) is 0 Å². The van der Waals surface area contributed by atoms with Crippen molar-refractivity contribution < 1.29 is 40.6 Å². The van der Waals surface area contributed by atoms with Gasteiger partial charge >= 0.3 is 18.3 Å². The van der Waals surface area contributed by atoms with Crippen LogP contribution in [0.5, 0.6) is 0 Å². The molecule has 4 rings (SSSR count). The van der Waals surface area contributed by atoms with Gasteiger partial charge < -0.3 is 9.47 Å². The molecule has 1 aromatic rings. The van der Waals surface area contributed by atoms with Crippen molar-refractivity contribution in [3.05, 3.63) is 34.9 Å². The van der Waals surface area contributed by atoms with Crippen LogP contribution in [0.2, 0.25) is 0 Å². The second-order valence-corrected chi connectivity index (χ2v) is 11.0. The molecular formula is C26H33F6NO3. The molecule has 10 heteroatoms. The molecule has 0 N–H and O–H groups in total. The number of halogens is 6. The van der Waals surface area contributed by atoms with E-state index in [-0.39, 0.29) is 29.6 Å². The zero-order valence-electron chi connectivity index (χ0n) is 20.6. The Kier molecular flexibility index (Phi) is 7.43. The number of carbonyl (C=O) groups is 1. The highest BCUT2D eigenvalue weighted by atomic mass is 19.4. The average Bonchev–Trinajstić information content (AvgIpc) is 3.27. The monoisotopic (exact) mass is 521 g/mol. The van der Waals surface area contributed by atoms with E-state index in [1.807, 2.05) is 0 Å². The molecule has 1 aliphatic carbocycles. The first kappa shape index (κ1) is 27.2. The summed E-state index contributed by atoms with van der Waals surface area (Å²) in [5.41, 5.74) is -3.76. The molecule has 2 heterocycles. The molecule has 0 amide bonds. The molecule has 202 valence electrons. The number of hydrogen-bond acceptors (Lipinski definition) is 4. The molecule has 1 aromatic carbocycles. The molecule has 0 aromatic heterocycles. The third-order valence-corrected chi connectivity index (χ3v) is 7.74. The third-order valence-electron chi connectivity index (χ3n) is 7.74. The second kappa shape index (κ2) is 9.82. The summed E-state index contributed by atoms with van der Waals surface area (Å²) in [6.45, 7) is 4.27. The fraction of sp³-hybridized carbons (Fsp3) is 0.731. The molecule has 36 heavy (non-hydrogen) atoms. The minimum Gasteiger partial charge on any atom is -0.461 e. The second-order valence-electron chi connectivity index (χ2n) is 11.0. The standard InChI is InChI=1S/C26H33F6NO3/c1-17(2)14-23-9-6-21(33(23)24(36-16-23)7-4-3-5-8-24)13-22(34)35-15-18-10-19(25(27,28)29)12-20(11-18)26(30,31)32/h10-12,17,21H,3-9,13-16H2,1-2H3/t21-,23+/m1/s1. The molecule has 1 spiro atoms. The quantitative estimate of drug-likeness (QED) is 0.296. The fourth-order valence-electron chi connectivity index (χ4n) is 6.54. The van der Waals surface area contributed by atoms with Crippen LogP contribution in [0.4, 0.5) is 26.3 Å². The minimum atomic E-state index is -4.95. The van der Waals surface area contributed by atoms with Gasteiger partial charge in [0.05, 0.1) is 24.2 Å². The number of esters is 1. The van der Waals surface area contributed by atoms with Crippen molar-refractivity contribution in [1.29, 1.82) is 0 Å². The predicted octanol–water partition coefficient (Wildman–Crippen LogP) is 7.10. The lowest BCUT2D eigenvalue weighted by molar-refractivity contribution is -0.152. The molecule has 4 nitrogen and oxygen atoms in total. The number of rotatable bonds is 6. The van der Waals surface area contributed by atoms with Crippen LogP contribution >= 0.6 is 0 Å². The van der Waals surface area contributed by atoms with Crippen LogP contribution < -0.4 is 0 Å². The van der Waals surface area contributed by atoms with E-state index in [4.69, 9.17) is 9.47 Å². The maximum absolute atomic E-state index is 13.1. The molecular weight excluding hydrogens is 488 g/mol. The maximum atomic E-state index is 13.1. The molecule has 1 saturated carbocycles. The van der Waals surface area contributed by atoms with Gasteiger partial charge in [-0.15, -0.1) is 0 Å². The first-order chi connectivity index (χ1) is 16.7. The number of carbonyl (C=O) groups excluding carboxylic acids is 1. The normalized spacial score (nSPS) is 26.5. The molecule has 0 radical (unpaired) electrons. The van der Waals surface area contributed by atoms with E-state index < -0.39 is 41.8 Å². The van der Waals surface area contributed by atoms with Gasteiger partial charge in [0.15, 0.2) is 0 Å². The molecule has 3 fully saturated rings. The smallest absolute Gasteiger partial charge is 0.416 e. The van der Waals surface area contributed by atoms with Gasteiger partial charge in [0.1, 0.15) is 12.3 Å². The summed E-state index contributed by atoms with van der Waals surface area (Å²) in [5.74, 6) is -0.201. The molecule has 2 atom stereocenters. The van der Waals surface area contributed by atoms with Crippen molar-refractivity contribution >= 4 is 5.97 Å². The van der Waals surface area contributed by atoms with Crippen molar-refractivity contribution in [3.63, 3.8) is 0 Å². The Labute approximate surface area is 207 Å². The van der Waals surface area contributed by atoms with Gasteiger partial charge in [-0.05, 0) is 74.6 Å². The molecule has 0 bridgehead atoms. The van der Waals surface area contributed by atoms with Crippen molar-refractivity contribution in [2.75, 3.05) is 6.61 Å². The van der Waals surface area contributed by atoms with Crippen molar-refractivity contribution in [2.45, 2.75) is 108 Å². The Morgan fingerprint density at radius 2 is 1.64 bits per heavy atom. The van der Waals surface area contributed by atoms with Crippen LogP contribution in [0, 0.1) is 5.92 Å². The number of hydrogen-bond donors (Lipinski definition) is 0. The highest BCUT2D eigenvalue weighted by molar-refractivity contribution is 5.70. The first-order valence-electron chi connectivity index (χ1n) is 12.6. The average molecular weight is 522 g/mol. The van der Waals surface area contributed by atoms with Gasteiger partial charge in [-0.3, -0.25) is 9.69 Å². The van der Waals surface area contributed by atoms with Crippen LogP contribution in [0.1, 0.15) is 88.3 Å². The Hall–Kier alpha value is -1.81. The SMILES string of the molecule is CC(C)C[C@]12CC[C@H](CC(=O)OCc3cc(C(F)(F)F)cc(C(F)(F)F)c3)N1C1(CCCCC1)OC2. The summed E-state index contributed by atoms with van der Waals surface area (Å²) in [7, 11) is 0.